The van der Waals surface area contributed by atoms with Gasteiger partial charge in [-0.3, -0.25) is 9.69 Å². The van der Waals surface area contributed by atoms with E-state index in [0.29, 0.717) is 0 Å². The van der Waals surface area contributed by atoms with E-state index in [1.165, 1.54) is 4.90 Å². The molecule has 1 saturated carbocycles. The molecule has 1 atom stereocenters. The average molecular weight is 168 g/mol. The molecule has 4 nitrogen and oxygen atoms in total. The van der Waals surface area contributed by atoms with Crippen molar-refractivity contribution in [3.63, 3.8) is 0 Å². The van der Waals surface area contributed by atoms with Gasteiger partial charge in [0.1, 0.15) is 0 Å². The largest absolute Gasteiger partial charge is 0.329 e. The highest BCUT2D eigenvalue weighted by atomic mass is 16.2. The van der Waals surface area contributed by atoms with Gasteiger partial charge in [0.25, 0.3) is 0 Å². The maximum absolute atomic E-state index is 11.2. The molecular weight excluding hydrogens is 156 g/mol. The monoisotopic (exact) mass is 168 g/mol. The molecule has 2 fully saturated rings. The minimum atomic E-state index is -0.226. The summed E-state index contributed by atoms with van der Waals surface area (Å²) in [5.74, 6) is -0.0874. The number of amides is 3. The first-order valence-electron chi connectivity index (χ1n) is 4.12. The first-order chi connectivity index (χ1) is 5.52. The van der Waals surface area contributed by atoms with Crippen LogP contribution in [0.3, 0.4) is 0 Å². The second kappa shape index (κ2) is 2.00. The van der Waals surface area contributed by atoms with E-state index in [9.17, 15) is 9.59 Å². The van der Waals surface area contributed by atoms with E-state index in [-0.39, 0.29) is 29.9 Å². The molecule has 0 radical (unpaired) electrons. The van der Waals surface area contributed by atoms with Gasteiger partial charge in [-0.05, 0) is 11.8 Å². The van der Waals surface area contributed by atoms with E-state index in [4.69, 9.17) is 0 Å². The molecule has 3 amide bonds. The molecule has 0 aromatic carbocycles. The van der Waals surface area contributed by atoms with Crippen LogP contribution in [-0.2, 0) is 4.79 Å². The molecule has 2 aliphatic rings. The molecule has 12 heavy (non-hydrogen) atoms. The minimum Gasteiger partial charge on any atom is -0.329 e. The number of nitrogens with zero attached hydrogens (tertiary/aromatic N) is 1. The topological polar surface area (TPSA) is 49.4 Å². The lowest BCUT2D eigenvalue weighted by Crippen LogP contribution is -2.35. The van der Waals surface area contributed by atoms with Crippen LogP contribution in [0, 0.1) is 5.41 Å². The van der Waals surface area contributed by atoms with Crippen molar-refractivity contribution in [3.05, 3.63) is 0 Å². The maximum Gasteiger partial charge on any atom is 0.324 e. The van der Waals surface area contributed by atoms with Gasteiger partial charge in [0, 0.05) is 6.04 Å². The van der Waals surface area contributed by atoms with Crippen LogP contribution in [0.5, 0.6) is 0 Å². The first-order valence-corrected chi connectivity index (χ1v) is 4.12. The van der Waals surface area contributed by atoms with Gasteiger partial charge in [0.05, 0.1) is 6.54 Å². The van der Waals surface area contributed by atoms with Crippen LogP contribution in [0.2, 0.25) is 0 Å². The molecule has 1 aliphatic heterocycles. The lowest BCUT2D eigenvalue weighted by Gasteiger charge is -2.13. The van der Waals surface area contributed by atoms with Crippen LogP contribution in [0.25, 0.3) is 0 Å². The molecule has 0 aromatic heterocycles. The lowest BCUT2D eigenvalue weighted by molar-refractivity contribution is -0.125. The van der Waals surface area contributed by atoms with Crippen LogP contribution in [0.1, 0.15) is 20.3 Å². The number of carbonyl (C=O) groups is 2. The van der Waals surface area contributed by atoms with Crippen LogP contribution in [-0.4, -0.2) is 29.4 Å². The van der Waals surface area contributed by atoms with E-state index >= 15 is 0 Å². The molecule has 0 spiro atoms. The fraction of sp³-hybridized carbons (Fsp3) is 0.750. The molecule has 66 valence electrons. The summed E-state index contributed by atoms with van der Waals surface area (Å²) < 4.78 is 0. The van der Waals surface area contributed by atoms with Crippen molar-refractivity contribution in [2.24, 2.45) is 5.41 Å². The van der Waals surface area contributed by atoms with Crippen LogP contribution in [0.15, 0.2) is 0 Å². The molecule has 4 heteroatoms. The number of imide groups is 1. The van der Waals surface area contributed by atoms with Crippen molar-refractivity contribution < 1.29 is 9.59 Å². The fourth-order valence-electron chi connectivity index (χ4n) is 1.63. The molecule has 1 aliphatic carbocycles. The van der Waals surface area contributed by atoms with Gasteiger partial charge in [-0.1, -0.05) is 13.8 Å². The summed E-state index contributed by atoms with van der Waals surface area (Å²) in [7, 11) is 0. The standard InChI is InChI=1S/C8H12N2O2/c1-8(2)3-5(8)10-6(11)4-9-7(10)12/h5H,3-4H2,1-2H3,(H,9,12). The summed E-state index contributed by atoms with van der Waals surface area (Å²) in [6.07, 6.45) is 0.937. The van der Waals surface area contributed by atoms with Crippen molar-refractivity contribution in [2.75, 3.05) is 6.54 Å². The molecule has 1 N–H and O–H groups in total. The van der Waals surface area contributed by atoms with Gasteiger partial charge in [-0.2, -0.15) is 0 Å². The number of carbonyl (C=O) groups excluding carboxylic acids is 2. The quantitative estimate of drug-likeness (QED) is 0.574. The molecule has 1 heterocycles. The number of hydrogen-bond donors (Lipinski definition) is 1. The smallest absolute Gasteiger partial charge is 0.324 e. The van der Waals surface area contributed by atoms with Crippen LogP contribution in [0.4, 0.5) is 4.79 Å². The minimum absolute atomic E-state index is 0.0874. The van der Waals surface area contributed by atoms with Gasteiger partial charge >= 0.3 is 6.03 Å². The van der Waals surface area contributed by atoms with Crippen LogP contribution >= 0.6 is 0 Å². The summed E-state index contributed by atoms with van der Waals surface area (Å²) in [6, 6.07) is -0.0944. The van der Waals surface area contributed by atoms with E-state index < -0.39 is 0 Å². The van der Waals surface area contributed by atoms with Crippen molar-refractivity contribution in [2.45, 2.75) is 26.3 Å². The van der Waals surface area contributed by atoms with Gasteiger partial charge in [-0.15, -0.1) is 0 Å². The molecule has 1 unspecified atom stereocenters. The Hall–Kier alpha value is -1.06. The third-order valence-electron chi connectivity index (χ3n) is 2.65. The average Bonchev–Trinajstić information content (AvgIpc) is 2.42. The van der Waals surface area contributed by atoms with Crippen LogP contribution < -0.4 is 5.32 Å². The van der Waals surface area contributed by atoms with Crippen molar-refractivity contribution >= 4 is 11.9 Å². The van der Waals surface area contributed by atoms with E-state index in [1.54, 1.807) is 0 Å². The first kappa shape index (κ1) is 7.58. The van der Waals surface area contributed by atoms with Gasteiger partial charge in [0.15, 0.2) is 0 Å². The Morgan fingerprint density at radius 1 is 1.50 bits per heavy atom. The molecule has 0 aromatic rings. The highest BCUT2D eigenvalue weighted by Crippen LogP contribution is 2.48. The van der Waals surface area contributed by atoms with Crippen molar-refractivity contribution in [1.82, 2.24) is 10.2 Å². The zero-order chi connectivity index (χ0) is 8.93. The Labute approximate surface area is 70.9 Å². The number of rotatable bonds is 1. The summed E-state index contributed by atoms with van der Waals surface area (Å²) in [5, 5.41) is 2.52. The second-order valence-electron chi connectivity index (χ2n) is 4.13. The number of nitrogens with one attached hydrogen (secondary N) is 1. The molecular formula is C8H12N2O2. The Balaban J connectivity index is 2.14. The molecule has 2 rings (SSSR count). The Morgan fingerprint density at radius 3 is 2.42 bits per heavy atom. The Morgan fingerprint density at radius 2 is 2.08 bits per heavy atom. The van der Waals surface area contributed by atoms with E-state index in [0.717, 1.165) is 6.42 Å². The predicted molar refractivity (Wildman–Crippen MR) is 42.4 cm³/mol. The third kappa shape index (κ3) is 0.906. The normalized spacial score (nSPS) is 32.2. The van der Waals surface area contributed by atoms with E-state index in [1.807, 2.05) is 0 Å². The summed E-state index contributed by atoms with van der Waals surface area (Å²) in [6.45, 7) is 4.30. The van der Waals surface area contributed by atoms with Gasteiger partial charge < -0.3 is 5.32 Å². The lowest BCUT2D eigenvalue weighted by atomic mass is 10.2. The molecule has 0 bridgehead atoms. The van der Waals surface area contributed by atoms with Gasteiger partial charge in [-0.25, -0.2) is 4.79 Å². The third-order valence-corrected chi connectivity index (χ3v) is 2.65. The number of hydrogen-bond acceptors (Lipinski definition) is 2. The maximum atomic E-state index is 11.2. The zero-order valence-corrected chi connectivity index (χ0v) is 7.26. The fourth-order valence-corrected chi connectivity index (χ4v) is 1.63. The summed E-state index contributed by atoms with van der Waals surface area (Å²) >= 11 is 0. The second-order valence-corrected chi connectivity index (χ2v) is 4.13. The van der Waals surface area contributed by atoms with E-state index in [2.05, 4.69) is 19.2 Å². The summed E-state index contributed by atoms with van der Waals surface area (Å²) in [5.41, 5.74) is 0.136. The number of urea groups is 1. The van der Waals surface area contributed by atoms with Crippen molar-refractivity contribution in [1.29, 1.82) is 0 Å². The Kier molecular flexibility index (Phi) is 1.26. The SMILES string of the molecule is CC1(C)CC1N1C(=O)CNC1=O. The predicted octanol–water partition coefficient (Wildman–Crippen LogP) is 0.337. The Bertz CT molecular complexity index is 244. The van der Waals surface area contributed by atoms with Gasteiger partial charge in [0.2, 0.25) is 5.91 Å². The zero-order valence-electron chi connectivity index (χ0n) is 7.26. The molecule has 1 saturated heterocycles. The highest BCUT2D eigenvalue weighted by Gasteiger charge is 2.54. The summed E-state index contributed by atoms with van der Waals surface area (Å²) in [4.78, 5) is 23.7. The van der Waals surface area contributed by atoms with Crippen molar-refractivity contribution in [3.8, 4) is 0 Å². The highest BCUT2D eigenvalue weighted by molar-refractivity contribution is 6.02.